The number of aromatic hydroxyl groups is 1. The molecular weight excluding hydrogens is 156 g/mol. The monoisotopic (exact) mass is 166 g/mol. The Morgan fingerprint density at radius 1 is 1.42 bits per heavy atom. The van der Waals surface area contributed by atoms with Gasteiger partial charge in [-0.3, -0.25) is 0 Å². The van der Waals surface area contributed by atoms with Crippen molar-refractivity contribution in [1.29, 1.82) is 0 Å². The zero-order valence-electron chi connectivity index (χ0n) is 6.69. The Labute approximate surface area is 70.5 Å². The predicted octanol–water partition coefficient (Wildman–Crippen LogP) is 1.93. The molecule has 0 saturated heterocycles. The number of methoxy groups -OCH3 is 1. The molecule has 1 aromatic rings. The SMILES string of the molecule is COc1cc(/C=C/O)ccc1O. The molecular formula is C9H10O3. The molecule has 0 bridgehead atoms. The molecule has 0 aromatic heterocycles. The number of rotatable bonds is 2. The molecule has 0 atom stereocenters. The fourth-order valence-electron chi connectivity index (χ4n) is 0.884. The molecule has 1 rings (SSSR count). The minimum absolute atomic E-state index is 0.0904. The molecule has 0 radical (unpaired) electrons. The molecule has 12 heavy (non-hydrogen) atoms. The van der Waals surface area contributed by atoms with Crippen LogP contribution < -0.4 is 4.74 Å². The van der Waals surface area contributed by atoms with Crippen molar-refractivity contribution in [1.82, 2.24) is 0 Å². The zero-order chi connectivity index (χ0) is 8.97. The number of aliphatic hydroxyl groups is 1. The average molecular weight is 166 g/mol. The lowest BCUT2D eigenvalue weighted by Crippen LogP contribution is -1.83. The summed E-state index contributed by atoms with van der Waals surface area (Å²) in [5.74, 6) is 0.484. The lowest BCUT2D eigenvalue weighted by molar-refractivity contribution is 0.373. The van der Waals surface area contributed by atoms with E-state index in [2.05, 4.69) is 0 Å². The van der Waals surface area contributed by atoms with Gasteiger partial charge in [0.2, 0.25) is 0 Å². The Balaban J connectivity index is 3.05. The van der Waals surface area contributed by atoms with Crippen LogP contribution >= 0.6 is 0 Å². The van der Waals surface area contributed by atoms with Crippen LogP contribution in [0.15, 0.2) is 24.5 Å². The van der Waals surface area contributed by atoms with Crippen molar-refractivity contribution in [2.75, 3.05) is 7.11 Å². The fraction of sp³-hybridized carbons (Fsp3) is 0.111. The van der Waals surface area contributed by atoms with Gasteiger partial charge in [0.1, 0.15) is 0 Å². The van der Waals surface area contributed by atoms with Gasteiger partial charge in [0.25, 0.3) is 0 Å². The maximum Gasteiger partial charge on any atom is 0.161 e. The van der Waals surface area contributed by atoms with Crippen molar-refractivity contribution in [3.8, 4) is 11.5 Å². The molecule has 0 aliphatic carbocycles. The molecule has 3 heteroatoms. The molecule has 0 fully saturated rings. The second-order valence-electron chi connectivity index (χ2n) is 2.25. The molecule has 0 heterocycles. The van der Waals surface area contributed by atoms with Gasteiger partial charge in [0.05, 0.1) is 13.4 Å². The molecule has 0 aliphatic rings. The number of hydrogen-bond donors (Lipinski definition) is 2. The summed E-state index contributed by atoms with van der Waals surface area (Å²) in [5.41, 5.74) is 0.771. The van der Waals surface area contributed by atoms with Crippen molar-refractivity contribution in [3.05, 3.63) is 30.0 Å². The molecule has 0 amide bonds. The van der Waals surface area contributed by atoms with Gasteiger partial charge >= 0.3 is 0 Å². The molecule has 1 aromatic carbocycles. The highest BCUT2D eigenvalue weighted by atomic mass is 16.5. The van der Waals surface area contributed by atoms with Crippen molar-refractivity contribution < 1.29 is 14.9 Å². The van der Waals surface area contributed by atoms with Crippen LogP contribution in [0.1, 0.15) is 5.56 Å². The van der Waals surface area contributed by atoms with Gasteiger partial charge < -0.3 is 14.9 Å². The van der Waals surface area contributed by atoms with Crippen LogP contribution in [0.4, 0.5) is 0 Å². The van der Waals surface area contributed by atoms with Gasteiger partial charge in [-0.25, -0.2) is 0 Å². The van der Waals surface area contributed by atoms with Gasteiger partial charge in [-0.05, 0) is 23.8 Å². The smallest absolute Gasteiger partial charge is 0.161 e. The third-order valence-corrected chi connectivity index (χ3v) is 1.47. The maximum absolute atomic E-state index is 9.19. The normalized spacial score (nSPS) is 10.4. The van der Waals surface area contributed by atoms with E-state index in [4.69, 9.17) is 9.84 Å². The summed E-state index contributed by atoms with van der Waals surface area (Å²) >= 11 is 0. The van der Waals surface area contributed by atoms with E-state index < -0.39 is 0 Å². The van der Waals surface area contributed by atoms with Crippen molar-refractivity contribution >= 4 is 6.08 Å². The van der Waals surface area contributed by atoms with E-state index >= 15 is 0 Å². The van der Waals surface area contributed by atoms with E-state index in [0.29, 0.717) is 5.75 Å². The van der Waals surface area contributed by atoms with Crippen LogP contribution in [0, 0.1) is 0 Å². The fourth-order valence-corrected chi connectivity index (χ4v) is 0.884. The topological polar surface area (TPSA) is 49.7 Å². The number of ether oxygens (including phenoxy) is 1. The van der Waals surface area contributed by atoms with E-state index in [-0.39, 0.29) is 5.75 Å². The molecule has 2 N–H and O–H groups in total. The molecule has 0 spiro atoms. The van der Waals surface area contributed by atoms with E-state index in [1.165, 1.54) is 19.3 Å². The van der Waals surface area contributed by atoms with Gasteiger partial charge in [-0.1, -0.05) is 6.07 Å². The first-order valence-corrected chi connectivity index (χ1v) is 3.45. The third-order valence-electron chi connectivity index (χ3n) is 1.47. The summed E-state index contributed by atoms with van der Waals surface area (Å²) in [4.78, 5) is 0. The summed E-state index contributed by atoms with van der Waals surface area (Å²) < 4.78 is 4.87. The van der Waals surface area contributed by atoms with Crippen molar-refractivity contribution in [3.63, 3.8) is 0 Å². The summed E-state index contributed by atoms with van der Waals surface area (Å²) in [6, 6.07) is 4.81. The predicted molar refractivity (Wildman–Crippen MR) is 46.3 cm³/mol. The van der Waals surface area contributed by atoms with Crippen LogP contribution in [-0.2, 0) is 0 Å². The minimum Gasteiger partial charge on any atom is -0.516 e. The van der Waals surface area contributed by atoms with E-state index in [0.717, 1.165) is 11.8 Å². The second kappa shape index (κ2) is 3.67. The molecule has 0 aliphatic heterocycles. The highest BCUT2D eigenvalue weighted by molar-refractivity contribution is 5.54. The number of phenols is 1. The van der Waals surface area contributed by atoms with Crippen LogP contribution in [0.25, 0.3) is 6.08 Å². The highest BCUT2D eigenvalue weighted by Gasteiger charge is 1.99. The van der Waals surface area contributed by atoms with Crippen LogP contribution in [-0.4, -0.2) is 17.3 Å². The first-order valence-electron chi connectivity index (χ1n) is 3.45. The zero-order valence-corrected chi connectivity index (χ0v) is 6.69. The first-order chi connectivity index (χ1) is 5.77. The number of hydrogen-bond acceptors (Lipinski definition) is 3. The molecule has 0 unspecified atom stereocenters. The number of benzene rings is 1. The lowest BCUT2D eigenvalue weighted by Gasteiger charge is -2.02. The van der Waals surface area contributed by atoms with Gasteiger partial charge in [-0.2, -0.15) is 0 Å². The summed E-state index contributed by atoms with van der Waals surface area (Å²) in [6.45, 7) is 0. The molecule has 3 nitrogen and oxygen atoms in total. The van der Waals surface area contributed by atoms with E-state index in [1.807, 2.05) is 0 Å². The lowest BCUT2D eigenvalue weighted by atomic mass is 10.2. The minimum atomic E-state index is 0.0904. The Hall–Kier alpha value is -1.64. The quantitative estimate of drug-likeness (QED) is 0.660. The number of phenolic OH excluding ortho intramolecular Hbond substituents is 1. The summed E-state index contributed by atoms with van der Waals surface area (Å²) in [6.07, 6.45) is 2.44. The van der Waals surface area contributed by atoms with Crippen LogP contribution in [0.5, 0.6) is 11.5 Å². The van der Waals surface area contributed by atoms with Crippen LogP contribution in [0.3, 0.4) is 0 Å². The summed E-state index contributed by atoms with van der Waals surface area (Å²) in [5, 5.41) is 17.7. The third kappa shape index (κ3) is 1.69. The van der Waals surface area contributed by atoms with E-state index in [1.54, 1.807) is 12.1 Å². The van der Waals surface area contributed by atoms with E-state index in [9.17, 15) is 5.11 Å². The number of aliphatic hydroxyl groups excluding tert-OH is 1. The van der Waals surface area contributed by atoms with Gasteiger partial charge in [0.15, 0.2) is 11.5 Å². The Morgan fingerprint density at radius 2 is 2.17 bits per heavy atom. The van der Waals surface area contributed by atoms with Gasteiger partial charge in [0, 0.05) is 0 Å². The standard InChI is InChI=1S/C9H10O3/c1-12-9-6-7(4-5-10)2-3-8(9)11/h2-6,10-11H,1H3/b5-4+. The Morgan fingerprint density at radius 3 is 2.75 bits per heavy atom. The molecule has 64 valence electrons. The van der Waals surface area contributed by atoms with Gasteiger partial charge in [-0.15, -0.1) is 0 Å². The Bertz CT molecular complexity index is 292. The summed E-state index contributed by atoms with van der Waals surface area (Å²) in [7, 11) is 1.47. The highest BCUT2D eigenvalue weighted by Crippen LogP contribution is 2.26. The van der Waals surface area contributed by atoms with Crippen LogP contribution in [0.2, 0.25) is 0 Å². The second-order valence-corrected chi connectivity index (χ2v) is 2.25. The largest absolute Gasteiger partial charge is 0.516 e. The first kappa shape index (κ1) is 8.46. The average Bonchev–Trinajstić information content (AvgIpc) is 2.09. The van der Waals surface area contributed by atoms with Crippen molar-refractivity contribution in [2.24, 2.45) is 0 Å². The Kier molecular flexibility index (Phi) is 2.58. The maximum atomic E-state index is 9.19. The molecule has 0 saturated carbocycles. The van der Waals surface area contributed by atoms with Crippen molar-refractivity contribution in [2.45, 2.75) is 0 Å².